The Morgan fingerprint density at radius 1 is 1.45 bits per heavy atom. The van der Waals surface area contributed by atoms with E-state index in [1.165, 1.54) is 24.8 Å². The van der Waals surface area contributed by atoms with E-state index in [1.54, 1.807) is 11.1 Å². The van der Waals surface area contributed by atoms with Crippen molar-refractivity contribution in [1.82, 2.24) is 0 Å². The van der Waals surface area contributed by atoms with Gasteiger partial charge in [0.2, 0.25) is 0 Å². The molecule has 0 nitrogen and oxygen atoms in total. The first-order valence-electron chi connectivity index (χ1n) is 4.45. The number of hydrogen-bond donors (Lipinski definition) is 0. The maximum atomic E-state index is 4.05. The molecule has 3 rings (SSSR count). The normalized spacial score (nSPS) is 45.6. The fourth-order valence-corrected chi connectivity index (χ4v) is 2.44. The summed E-state index contributed by atoms with van der Waals surface area (Å²) in [6.07, 6.45) is 8.51. The molecule has 2 saturated carbocycles. The van der Waals surface area contributed by atoms with E-state index in [1.807, 2.05) is 0 Å². The van der Waals surface area contributed by atoms with Gasteiger partial charge in [0.05, 0.1) is 0 Å². The van der Waals surface area contributed by atoms with E-state index in [0.717, 1.165) is 11.8 Å². The Balaban J connectivity index is 1.95. The predicted molar refractivity (Wildman–Crippen MR) is 46.1 cm³/mol. The molecule has 2 fully saturated rings. The van der Waals surface area contributed by atoms with E-state index >= 15 is 0 Å². The van der Waals surface area contributed by atoms with E-state index in [4.69, 9.17) is 0 Å². The topological polar surface area (TPSA) is 0 Å². The second-order valence-electron chi connectivity index (χ2n) is 3.85. The number of rotatable bonds is 0. The van der Waals surface area contributed by atoms with Crippen molar-refractivity contribution in [2.24, 2.45) is 11.8 Å². The molecule has 0 heteroatoms. The van der Waals surface area contributed by atoms with Gasteiger partial charge >= 0.3 is 0 Å². The third-order valence-corrected chi connectivity index (χ3v) is 3.30. The summed E-state index contributed by atoms with van der Waals surface area (Å²) >= 11 is 0. The molecule has 0 bridgehead atoms. The lowest BCUT2D eigenvalue weighted by Crippen LogP contribution is -2.04. The van der Waals surface area contributed by atoms with Crippen LogP contribution in [0.15, 0.2) is 35.5 Å². The molecule has 3 aliphatic rings. The molecule has 11 heavy (non-hydrogen) atoms. The molecular formula is C11H12. The van der Waals surface area contributed by atoms with Crippen molar-refractivity contribution in [3.05, 3.63) is 35.5 Å². The van der Waals surface area contributed by atoms with Crippen LogP contribution in [0.2, 0.25) is 0 Å². The van der Waals surface area contributed by atoms with Gasteiger partial charge in [-0.2, -0.15) is 0 Å². The fraction of sp³-hybridized carbons (Fsp3) is 0.455. The van der Waals surface area contributed by atoms with Crippen molar-refractivity contribution in [2.75, 3.05) is 0 Å². The van der Waals surface area contributed by atoms with Crippen LogP contribution in [0.25, 0.3) is 0 Å². The standard InChI is InChI=1S/C11H12/c1-7-9-6-10(11(7)9)8-4-2-3-5-8/h2,4,9,11H,1,3,5-6H2/b10-8+. The Bertz CT molecular complexity index is 291. The van der Waals surface area contributed by atoms with E-state index in [9.17, 15) is 0 Å². The van der Waals surface area contributed by atoms with Crippen LogP contribution in [0.3, 0.4) is 0 Å². The quantitative estimate of drug-likeness (QED) is 0.458. The Kier molecular flexibility index (Phi) is 0.892. The van der Waals surface area contributed by atoms with Crippen molar-refractivity contribution < 1.29 is 0 Å². The second-order valence-corrected chi connectivity index (χ2v) is 3.85. The number of allylic oxidation sites excluding steroid dienone is 5. The Morgan fingerprint density at radius 2 is 2.36 bits per heavy atom. The summed E-state index contributed by atoms with van der Waals surface area (Å²) in [7, 11) is 0. The molecule has 0 aromatic heterocycles. The van der Waals surface area contributed by atoms with E-state index in [0.29, 0.717) is 0 Å². The first-order chi connectivity index (χ1) is 5.38. The zero-order valence-corrected chi connectivity index (χ0v) is 6.64. The SMILES string of the molecule is C=C1C2C/C(=C3/C=CCC3)C12. The zero-order chi connectivity index (χ0) is 7.42. The maximum absolute atomic E-state index is 4.05. The van der Waals surface area contributed by atoms with Crippen LogP contribution in [0.4, 0.5) is 0 Å². The summed E-state index contributed by atoms with van der Waals surface area (Å²) in [5, 5.41) is 0. The van der Waals surface area contributed by atoms with Gasteiger partial charge in [-0.15, -0.1) is 0 Å². The Morgan fingerprint density at radius 3 is 2.82 bits per heavy atom. The third-order valence-electron chi connectivity index (χ3n) is 3.30. The van der Waals surface area contributed by atoms with E-state index in [2.05, 4.69) is 18.7 Å². The summed E-state index contributed by atoms with van der Waals surface area (Å²) in [6.45, 7) is 4.05. The van der Waals surface area contributed by atoms with Crippen LogP contribution < -0.4 is 0 Å². The van der Waals surface area contributed by atoms with Crippen LogP contribution in [0.5, 0.6) is 0 Å². The van der Waals surface area contributed by atoms with Gasteiger partial charge in [-0.1, -0.05) is 29.9 Å². The molecule has 2 unspecified atom stereocenters. The lowest BCUT2D eigenvalue weighted by molar-refractivity contribution is 0.610. The minimum absolute atomic E-state index is 0.841. The summed E-state index contributed by atoms with van der Waals surface area (Å²) in [4.78, 5) is 0. The van der Waals surface area contributed by atoms with Crippen LogP contribution in [0.1, 0.15) is 19.3 Å². The summed E-state index contributed by atoms with van der Waals surface area (Å²) < 4.78 is 0. The third kappa shape index (κ3) is 0.604. The average molecular weight is 144 g/mol. The van der Waals surface area contributed by atoms with Gasteiger partial charge in [-0.3, -0.25) is 0 Å². The molecule has 0 radical (unpaired) electrons. The molecule has 0 saturated heterocycles. The molecule has 0 heterocycles. The summed E-state index contributed by atoms with van der Waals surface area (Å²) in [6, 6.07) is 0. The summed E-state index contributed by atoms with van der Waals surface area (Å²) in [5.74, 6) is 1.75. The summed E-state index contributed by atoms with van der Waals surface area (Å²) in [5.41, 5.74) is 4.85. The van der Waals surface area contributed by atoms with Gasteiger partial charge in [-0.05, 0) is 30.8 Å². The first kappa shape index (κ1) is 5.82. The molecule has 0 aromatic carbocycles. The highest BCUT2D eigenvalue weighted by atomic mass is 14.6. The molecule has 56 valence electrons. The molecule has 0 aromatic rings. The van der Waals surface area contributed by atoms with Gasteiger partial charge in [0, 0.05) is 5.92 Å². The molecular weight excluding hydrogens is 132 g/mol. The second kappa shape index (κ2) is 1.69. The predicted octanol–water partition coefficient (Wildman–Crippen LogP) is 2.84. The van der Waals surface area contributed by atoms with Gasteiger partial charge in [0.15, 0.2) is 0 Å². The lowest BCUT2D eigenvalue weighted by atomic mass is 9.88. The van der Waals surface area contributed by atoms with Gasteiger partial charge in [0.25, 0.3) is 0 Å². The number of fused-ring (bicyclic) bond motifs is 1. The maximum Gasteiger partial charge on any atom is 0.00822 e. The van der Waals surface area contributed by atoms with Crippen LogP contribution in [-0.4, -0.2) is 0 Å². The van der Waals surface area contributed by atoms with Crippen molar-refractivity contribution in [3.63, 3.8) is 0 Å². The van der Waals surface area contributed by atoms with Crippen LogP contribution >= 0.6 is 0 Å². The van der Waals surface area contributed by atoms with E-state index < -0.39 is 0 Å². The van der Waals surface area contributed by atoms with Crippen LogP contribution in [0, 0.1) is 11.8 Å². The van der Waals surface area contributed by atoms with Crippen LogP contribution in [-0.2, 0) is 0 Å². The Hall–Kier alpha value is -0.780. The molecule has 0 amide bonds. The fourth-order valence-electron chi connectivity index (χ4n) is 2.44. The molecule has 0 aliphatic heterocycles. The smallest absolute Gasteiger partial charge is 0.00822 e. The highest BCUT2D eigenvalue weighted by Crippen LogP contribution is 2.64. The van der Waals surface area contributed by atoms with Gasteiger partial charge < -0.3 is 0 Å². The molecule has 3 aliphatic carbocycles. The monoisotopic (exact) mass is 144 g/mol. The zero-order valence-electron chi connectivity index (χ0n) is 6.64. The highest BCUT2D eigenvalue weighted by molar-refractivity contribution is 5.52. The highest BCUT2D eigenvalue weighted by Gasteiger charge is 2.54. The van der Waals surface area contributed by atoms with Crippen molar-refractivity contribution in [1.29, 1.82) is 0 Å². The average Bonchev–Trinajstić information content (AvgIpc) is 2.35. The van der Waals surface area contributed by atoms with Crippen molar-refractivity contribution in [3.8, 4) is 0 Å². The molecule has 0 N–H and O–H groups in total. The van der Waals surface area contributed by atoms with E-state index in [-0.39, 0.29) is 0 Å². The Labute approximate surface area is 67.3 Å². The van der Waals surface area contributed by atoms with Gasteiger partial charge in [0.1, 0.15) is 0 Å². The van der Waals surface area contributed by atoms with Gasteiger partial charge in [-0.25, -0.2) is 0 Å². The van der Waals surface area contributed by atoms with Crippen molar-refractivity contribution in [2.45, 2.75) is 19.3 Å². The molecule has 2 atom stereocenters. The first-order valence-corrected chi connectivity index (χ1v) is 4.45. The lowest BCUT2D eigenvalue weighted by Gasteiger charge is -2.16. The molecule has 0 spiro atoms. The number of hydrogen-bond acceptors (Lipinski definition) is 0. The minimum Gasteiger partial charge on any atom is -0.0989 e. The van der Waals surface area contributed by atoms with Crippen molar-refractivity contribution >= 4 is 0 Å². The minimum atomic E-state index is 0.841. The largest absolute Gasteiger partial charge is 0.0989 e.